The first-order valence-corrected chi connectivity index (χ1v) is 7.74. The molecule has 1 aromatic carbocycles. The van der Waals surface area contributed by atoms with Crippen molar-refractivity contribution in [2.75, 3.05) is 0 Å². The van der Waals surface area contributed by atoms with Crippen LogP contribution in [0.4, 0.5) is 0 Å². The summed E-state index contributed by atoms with van der Waals surface area (Å²) in [5.74, 6) is 0.267. The van der Waals surface area contributed by atoms with E-state index in [9.17, 15) is 4.79 Å². The fraction of sp³-hybridized carbons (Fsp3) is 0.588. The van der Waals surface area contributed by atoms with Crippen molar-refractivity contribution in [3.05, 3.63) is 35.9 Å². The molecule has 108 valence electrons. The molecule has 3 nitrogen and oxygen atoms in total. The van der Waals surface area contributed by atoms with Gasteiger partial charge in [-0.1, -0.05) is 30.3 Å². The zero-order valence-electron chi connectivity index (χ0n) is 12.1. The van der Waals surface area contributed by atoms with Crippen molar-refractivity contribution >= 4 is 13.8 Å². The quantitative estimate of drug-likeness (QED) is 0.629. The minimum atomic E-state index is -0.353. The summed E-state index contributed by atoms with van der Waals surface area (Å²) >= 11 is 0. The molecule has 1 aliphatic heterocycles. The van der Waals surface area contributed by atoms with Gasteiger partial charge in [-0.25, -0.2) is 0 Å². The van der Waals surface area contributed by atoms with Gasteiger partial charge < -0.3 is 9.47 Å². The normalized spacial score (nSPS) is 35.0. The number of fused-ring (bicyclic) bond motifs is 3. The summed E-state index contributed by atoms with van der Waals surface area (Å²) in [6.07, 6.45) is 4.74. The van der Waals surface area contributed by atoms with Crippen molar-refractivity contribution in [2.24, 2.45) is 11.3 Å². The second-order valence-electron chi connectivity index (χ2n) is 6.94. The molecule has 2 saturated carbocycles. The molecule has 3 atom stereocenters. The molecule has 4 heteroatoms. The third-order valence-electron chi connectivity index (χ3n) is 5.44. The Hall–Kier alpha value is -1.29. The van der Waals surface area contributed by atoms with Crippen molar-refractivity contribution < 1.29 is 14.3 Å². The zero-order chi connectivity index (χ0) is 14.5. The third-order valence-corrected chi connectivity index (χ3v) is 5.44. The summed E-state index contributed by atoms with van der Waals surface area (Å²) in [5, 5.41) is 0. The van der Waals surface area contributed by atoms with E-state index in [0.29, 0.717) is 24.4 Å². The molecule has 21 heavy (non-hydrogen) atoms. The molecule has 3 aliphatic rings. The highest BCUT2D eigenvalue weighted by Gasteiger charge is 2.67. The van der Waals surface area contributed by atoms with Gasteiger partial charge in [-0.05, 0) is 42.6 Å². The van der Waals surface area contributed by atoms with Crippen molar-refractivity contribution in [1.29, 1.82) is 0 Å². The van der Waals surface area contributed by atoms with Crippen LogP contribution in [-0.4, -0.2) is 25.4 Å². The number of rotatable bonds is 4. The van der Waals surface area contributed by atoms with E-state index in [-0.39, 0.29) is 17.6 Å². The Bertz CT molecular complexity index is 554. The van der Waals surface area contributed by atoms with Crippen molar-refractivity contribution in [3.63, 3.8) is 0 Å². The highest BCUT2D eigenvalue weighted by Crippen LogP contribution is 2.70. The number of hydrogen-bond acceptors (Lipinski definition) is 3. The molecule has 0 aromatic heterocycles. The Morgan fingerprint density at radius 2 is 2.10 bits per heavy atom. The molecule has 1 aromatic rings. The molecule has 1 spiro atoms. The van der Waals surface area contributed by atoms with Gasteiger partial charge in [-0.15, -0.1) is 0 Å². The van der Waals surface area contributed by atoms with E-state index in [1.807, 2.05) is 30.3 Å². The standard InChI is InChI=1S/C17H19BO3/c18-15-13-8-17(21-15,11-16(13)6-7-16)9-14(19)20-10-12-4-2-1-3-5-12/h1-5,13,15H,6-11H2/t13?,15-,17+/m1/s1. The summed E-state index contributed by atoms with van der Waals surface area (Å²) in [6, 6.07) is 9.56. The number of esters is 1. The minimum absolute atomic E-state index is 0.176. The topological polar surface area (TPSA) is 35.5 Å². The molecule has 2 aliphatic carbocycles. The smallest absolute Gasteiger partial charge is 0.309 e. The fourth-order valence-corrected chi connectivity index (χ4v) is 4.32. The van der Waals surface area contributed by atoms with E-state index >= 15 is 0 Å². The Morgan fingerprint density at radius 1 is 1.33 bits per heavy atom. The van der Waals surface area contributed by atoms with Gasteiger partial charge in [-0.3, -0.25) is 4.79 Å². The largest absolute Gasteiger partial charge is 0.461 e. The molecule has 1 unspecified atom stereocenters. The molecular weight excluding hydrogens is 263 g/mol. The van der Waals surface area contributed by atoms with Crippen LogP contribution >= 0.6 is 0 Å². The summed E-state index contributed by atoms with van der Waals surface area (Å²) in [6.45, 7) is 0.330. The minimum Gasteiger partial charge on any atom is -0.461 e. The van der Waals surface area contributed by atoms with Crippen LogP contribution in [-0.2, 0) is 20.9 Å². The summed E-state index contributed by atoms with van der Waals surface area (Å²) in [4.78, 5) is 12.2. The van der Waals surface area contributed by atoms with Gasteiger partial charge in [0.25, 0.3) is 0 Å². The van der Waals surface area contributed by atoms with E-state index in [0.717, 1.165) is 18.4 Å². The lowest BCUT2D eigenvalue weighted by molar-refractivity contribution is -0.153. The van der Waals surface area contributed by atoms with E-state index in [1.165, 1.54) is 12.8 Å². The van der Waals surface area contributed by atoms with E-state index in [2.05, 4.69) is 0 Å². The first kappa shape index (κ1) is 13.4. The predicted molar refractivity (Wildman–Crippen MR) is 78.6 cm³/mol. The Labute approximate surface area is 126 Å². The average Bonchev–Trinajstić information content (AvgIpc) is 3.04. The SMILES string of the molecule is [B][C@@H]1O[C@]2(CC(=O)OCc3ccccc3)CC1C1(CC1)C2. The Balaban J connectivity index is 1.37. The van der Waals surface area contributed by atoms with Crippen LogP contribution in [0.15, 0.2) is 30.3 Å². The van der Waals surface area contributed by atoms with Crippen molar-refractivity contribution in [1.82, 2.24) is 0 Å². The van der Waals surface area contributed by atoms with Gasteiger partial charge >= 0.3 is 5.97 Å². The van der Waals surface area contributed by atoms with Gasteiger partial charge in [-0.2, -0.15) is 0 Å². The number of benzene rings is 1. The van der Waals surface area contributed by atoms with Gasteiger partial charge in [0.2, 0.25) is 0 Å². The molecule has 2 bridgehead atoms. The lowest BCUT2D eigenvalue weighted by atomic mass is 9.78. The maximum Gasteiger partial charge on any atom is 0.309 e. The zero-order valence-corrected chi connectivity index (χ0v) is 12.1. The van der Waals surface area contributed by atoms with E-state index < -0.39 is 0 Å². The number of carbonyl (C=O) groups excluding carboxylic acids is 1. The fourth-order valence-electron chi connectivity index (χ4n) is 4.32. The number of carbonyl (C=O) groups is 1. The van der Waals surface area contributed by atoms with Crippen LogP contribution in [0.3, 0.4) is 0 Å². The van der Waals surface area contributed by atoms with Crippen LogP contribution in [0.25, 0.3) is 0 Å². The lowest BCUT2D eigenvalue weighted by Gasteiger charge is -2.34. The second kappa shape index (κ2) is 4.60. The molecule has 0 N–H and O–H groups in total. The Morgan fingerprint density at radius 3 is 2.76 bits per heavy atom. The van der Waals surface area contributed by atoms with Crippen molar-refractivity contribution in [3.8, 4) is 0 Å². The summed E-state index contributed by atoms with van der Waals surface area (Å²) < 4.78 is 11.3. The van der Waals surface area contributed by atoms with Gasteiger partial charge in [0.1, 0.15) is 14.5 Å². The maximum absolute atomic E-state index is 12.2. The monoisotopic (exact) mass is 282 g/mol. The van der Waals surface area contributed by atoms with Gasteiger partial charge in [0, 0.05) is 6.00 Å². The third kappa shape index (κ3) is 2.30. The molecule has 1 saturated heterocycles. The molecule has 3 fully saturated rings. The highest BCUT2D eigenvalue weighted by molar-refractivity contribution is 6.11. The van der Waals surface area contributed by atoms with Gasteiger partial charge in [0.05, 0.1) is 12.0 Å². The van der Waals surface area contributed by atoms with Crippen LogP contribution in [0.2, 0.25) is 0 Å². The molecule has 2 radical (unpaired) electrons. The second-order valence-corrected chi connectivity index (χ2v) is 6.94. The lowest BCUT2D eigenvalue weighted by Crippen LogP contribution is -2.38. The van der Waals surface area contributed by atoms with E-state index in [4.69, 9.17) is 17.3 Å². The highest BCUT2D eigenvalue weighted by atomic mass is 16.5. The average molecular weight is 282 g/mol. The number of ether oxygens (including phenoxy) is 2. The number of hydrogen-bond donors (Lipinski definition) is 0. The van der Waals surface area contributed by atoms with E-state index in [1.54, 1.807) is 0 Å². The molecule has 4 rings (SSSR count). The summed E-state index contributed by atoms with van der Waals surface area (Å²) in [5.41, 5.74) is 1.04. The predicted octanol–water partition coefficient (Wildman–Crippen LogP) is 2.57. The Kier molecular flexibility index (Phi) is 2.93. The van der Waals surface area contributed by atoms with Crippen LogP contribution < -0.4 is 0 Å². The molecule has 1 heterocycles. The van der Waals surface area contributed by atoms with Crippen molar-refractivity contribution in [2.45, 2.75) is 50.3 Å². The first-order chi connectivity index (χ1) is 10.1. The molecular formula is C17H19BO3. The molecule has 0 amide bonds. The van der Waals surface area contributed by atoms with Crippen LogP contribution in [0.1, 0.15) is 37.7 Å². The van der Waals surface area contributed by atoms with Crippen LogP contribution in [0, 0.1) is 11.3 Å². The first-order valence-electron chi connectivity index (χ1n) is 7.74. The maximum atomic E-state index is 12.2. The summed E-state index contributed by atoms with van der Waals surface area (Å²) in [7, 11) is 6.09. The van der Waals surface area contributed by atoms with Crippen LogP contribution in [0.5, 0.6) is 0 Å². The van der Waals surface area contributed by atoms with Gasteiger partial charge in [0.15, 0.2) is 0 Å².